The zero-order valence-corrected chi connectivity index (χ0v) is 17.5. The minimum absolute atomic E-state index is 0.547. The minimum Gasteiger partial charge on any atom is -0.356 e. The number of aromatic nitrogens is 3. The molecule has 1 unspecified atom stereocenters. The number of aliphatic imine (C=N–C) groups is 1. The first-order valence-corrected chi connectivity index (χ1v) is 10.9. The number of thiophene rings is 1. The van der Waals surface area contributed by atoms with Gasteiger partial charge in [-0.15, -0.1) is 21.5 Å². The van der Waals surface area contributed by atoms with Crippen LogP contribution in [0.1, 0.15) is 22.9 Å². The van der Waals surface area contributed by atoms with Crippen LogP contribution >= 0.6 is 11.3 Å². The molecule has 1 fully saturated rings. The maximum Gasteiger partial charge on any atom is 0.194 e. The van der Waals surface area contributed by atoms with Crippen LogP contribution in [0.3, 0.4) is 0 Å². The predicted molar refractivity (Wildman–Crippen MR) is 114 cm³/mol. The molecule has 0 bridgehead atoms. The first-order valence-electron chi connectivity index (χ1n) is 10.0. The quantitative estimate of drug-likeness (QED) is 0.456. The molecule has 2 aromatic rings. The van der Waals surface area contributed by atoms with E-state index in [1.54, 1.807) is 0 Å². The standard InChI is InChI=1S/C20H29N7S/c1-16-23-24-19(25(16)2)14-22-20(21-9-7-18-6-5-13-28-18)27-12-8-17(15-27)26-10-3-4-11-26/h3-6,13,17H,7-12,14-15H2,1-2H3,(H,21,22). The van der Waals surface area contributed by atoms with E-state index >= 15 is 0 Å². The molecule has 1 saturated heterocycles. The van der Waals surface area contributed by atoms with Crippen molar-refractivity contribution in [1.82, 2.24) is 29.9 Å². The van der Waals surface area contributed by atoms with Gasteiger partial charge in [0.2, 0.25) is 0 Å². The van der Waals surface area contributed by atoms with E-state index in [1.165, 1.54) is 11.3 Å². The first kappa shape index (κ1) is 19.1. The highest BCUT2D eigenvalue weighted by Crippen LogP contribution is 2.18. The van der Waals surface area contributed by atoms with Gasteiger partial charge in [-0.05, 0) is 31.2 Å². The molecule has 7 nitrogen and oxygen atoms in total. The molecular weight excluding hydrogens is 370 g/mol. The van der Waals surface area contributed by atoms with Crippen LogP contribution in [0.4, 0.5) is 0 Å². The van der Waals surface area contributed by atoms with Gasteiger partial charge in [-0.1, -0.05) is 18.2 Å². The Morgan fingerprint density at radius 3 is 2.89 bits per heavy atom. The van der Waals surface area contributed by atoms with Crippen molar-refractivity contribution in [2.45, 2.75) is 32.4 Å². The Balaban J connectivity index is 1.41. The Bertz CT molecular complexity index is 816. The Hall–Kier alpha value is -2.19. The number of guanidine groups is 1. The fraction of sp³-hybridized carbons (Fsp3) is 0.550. The van der Waals surface area contributed by atoms with Crippen LogP contribution in [0.25, 0.3) is 0 Å². The third-order valence-corrected chi connectivity index (χ3v) is 6.55. The third-order valence-electron chi connectivity index (χ3n) is 5.61. The Labute approximate surface area is 170 Å². The van der Waals surface area contributed by atoms with Crippen molar-refractivity contribution in [3.63, 3.8) is 0 Å². The molecule has 1 atom stereocenters. The van der Waals surface area contributed by atoms with Crippen molar-refractivity contribution >= 4 is 17.3 Å². The summed E-state index contributed by atoms with van der Waals surface area (Å²) in [6.07, 6.45) is 6.75. The highest BCUT2D eigenvalue weighted by molar-refractivity contribution is 7.09. The summed E-state index contributed by atoms with van der Waals surface area (Å²) in [7, 11) is 2.00. The van der Waals surface area contributed by atoms with E-state index in [0.717, 1.165) is 56.8 Å². The average molecular weight is 400 g/mol. The van der Waals surface area contributed by atoms with E-state index in [-0.39, 0.29) is 0 Å². The number of nitrogens with zero attached hydrogens (tertiary/aromatic N) is 6. The molecule has 4 rings (SSSR count). The molecule has 150 valence electrons. The van der Waals surface area contributed by atoms with Gasteiger partial charge < -0.3 is 14.8 Å². The molecule has 0 aromatic carbocycles. The average Bonchev–Trinajstić information content (AvgIpc) is 3.49. The van der Waals surface area contributed by atoms with Crippen LogP contribution in [0.2, 0.25) is 0 Å². The number of likely N-dealkylation sites (tertiary alicyclic amines) is 1. The highest BCUT2D eigenvalue weighted by Gasteiger charge is 2.29. The van der Waals surface area contributed by atoms with Gasteiger partial charge in [-0.2, -0.15) is 0 Å². The predicted octanol–water partition coefficient (Wildman–Crippen LogP) is 1.82. The van der Waals surface area contributed by atoms with Gasteiger partial charge in [-0.25, -0.2) is 4.99 Å². The van der Waals surface area contributed by atoms with Gasteiger partial charge >= 0.3 is 0 Å². The number of aryl methyl sites for hydroxylation is 1. The largest absolute Gasteiger partial charge is 0.356 e. The van der Waals surface area contributed by atoms with Crippen molar-refractivity contribution < 1.29 is 0 Å². The van der Waals surface area contributed by atoms with Crippen LogP contribution in [0.5, 0.6) is 0 Å². The lowest BCUT2D eigenvalue weighted by atomic mass is 10.2. The molecule has 0 amide bonds. The number of hydrogen-bond acceptors (Lipinski definition) is 5. The number of nitrogens with one attached hydrogen (secondary N) is 1. The molecule has 2 aliphatic heterocycles. The molecule has 8 heteroatoms. The lowest BCUT2D eigenvalue weighted by Gasteiger charge is -2.25. The summed E-state index contributed by atoms with van der Waals surface area (Å²) in [6.45, 7) is 7.64. The second kappa shape index (κ2) is 8.87. The molecule has 0 radical (unpaired) electrons. The van der Waals surface area contributed by atoms with Crippen LogP contribution in [-0.4, -0.2) is 69.3 Å². The third kappa shape index (κ3) is 4.44. The van der Waals surface area contributed by atoms with E-state index in [1.807, 2.05) is 29.9 Å². The molecule has 0 aliphatic carbocycles. The van der Waals surface area contributed by atoms with Gasteiger partial charge in [0.1, 0.15) is 12.4 Å². The zero-order valence-electron chi connectivity index (χ0n) is 16.7. The van der Waals surface area contributed by atoms with E-state index in [0.29, 0.717) is 12.6 Å². The summed E-state index contributed by atoms with van der Waals surface area (Å²) in [4.78, 5) is 11.3. The molecule has 2 aromatic heterocycles. The fourth-order valence-corrected chi connectivity index (χ4v) is 4.49. The summed E-state index contributed by atoms with van der Waals surface area (Å²) in [6, 6.07) is 4.91. The molecule has 1 N–H and O–H groups in total. The summed E-state index contributed by atoms with van der Waals surface area (Å²) >= 11 is 1.81. The van der Waals surface area contributed by atoms with Crippen molar-refractivity contribution in [1.29, 1.82) is 0 Å². The minimum atomic E-state index is 0.547. The Kier molecular flexibility index (Phi) is 6.07. The second-order valence-electron chi connectivity index (χ2n) is 7.43. The van der Waals surface area contributed by atoms with Gasteiger partial charge in [0.25, 0.3) is 0 Å². The zero-order chi connectivity index (χ0) is 19.3. The summed E-state index contributed by atoms with van der Waals surface area (Å²) < 4.78 is 2.01. The smallest absolute Gasteiger partial charge is 0.194 e. The molecule has 4 heterocycles. The van der Waals surface area contributed by atoms with E-state index < -0.39 is 0 Å². The number of hydrogen-bond donors (Lipinski definition) is 1. The van der Waals surface area contributed by atoms with Gasteiger partial charge in [0, 0.05) is 50.7 Å². The molecule has 28 heavy (non-hydrogen) atoms. The van der Waals surface area contributed by atoms with Gasteiger partial charge in [0.05, 0.1) is 0 Å². The van der Waals surface area contributed by atoms with Crippen molar-refractivity contribution in [3.05, 3.63) is 46.2 Å². The Morgan fingerprint density at radius 1 is 1.32 bits per heavy atom. The molecule has 0 spiro atoms. The maximum absolute atomic E-state index is 4.91. The van der Waals surface area contributed by atoms with Crippen molar-refractivity contribution in [2.24, 2.45) is 12.0 Å². The molecule has 2 aliphatic rings. The SMILES string of the molecule is Cc1nnc(CN=C(NCCc2cccs2)N2CCC(N3CC=CC3)C2)n1C. The normalized spacial score (nSPS) is 20.4. The van der Waals surface area contributed by atoms with Crippen LogP contribution < -0.4 is 5.32 Å². The van der Waals surface area contributed by atoms with Crippen LogP contribution in [0.15, 0.2) is 34.7 Å². The molecular formula is C20H29N7S. The van der Waals surface area contributed by atoms with Gasteiger partial charge in [0.15, 0.2) is 11.8 Å². The highest BCUT2D eigenvalue weighted by atomic mass is 32.1. The van der Waals surface area contributed by atoms with Crippen LogP contribution in [0, 0.1) is 6.92 Å². The van der Waals surface area contributed by atoms with Gasteiger partial charge in [-0.3, -0.25) is 4.90 Å². The Morgan fingerprint density at radius 2 is 2.18 bits per heavy atom. The number of rotatable bonds is 6. The van der Waals surface area contributed by atoms with E-state index in [2.05, 4.69) is 55.0 Å². The lowest BCUT2D eigenvalue weighted by molar-refractivity contribution is 0.259. The van der Waals surface area contributed by atoms with E-state index in [9.17, 15) is 0 Å². The monoisotopic (exact) mass is 399 g/mol. The molecule has 0 saturated carbocycles. The van der Waals surface area contributed by atoms with Crippen molar-refractivity contribution in [3.8, 4) is 0 Å². The van der Waals surface area contributed by atoms with Crippen molar-refractivity contribution in [2.75, 3.05) is 32.7 Å². The first-order chi connectivity index (χ1) is 13.7. The summed E-state index contributed by atoms with van der Waals surface area (Å²) in [5, 5.41) is 14.1. The second-order valence-corrected chi connectivity index (χ2v) is 8.46. The lowest BCUT2D eigenvalue weighted by Crippen LogP contribution is -2.43. The van der Waals surface area contributed by atoms with Crippen LogP contribution in [-0.2, 0) is 20.0 Å². The summed E-state index contributed by atoms with van der Waals surface area (Å²) in [5.74, 6) is 2.81. The summed E-state index contributed by atoms with van der Waals surface area (Å²) in [5.41, 5.74) is 0. The fourth-order valence-electron chi connectivity index (χ4n) is 3.78. The maximum atomic E-state index is 4.91. The van der Waals surface area contributed by atoms with E-state index in [4.69, 9.17) is 4.99 Å². The topological polar surface area (TPSA) is 61.6 Å².